The average Bonchev–Trinajstić information content (AvgIpc) is 2.84. The Balaban J connectivity index is 0.00000208. The number of hydrogen-bond acceptors (Lipinski definition) is 2. The lowest BCUT2D eigenvalue weighted by Crippen LogP contribution is -2.13. The molecule has 0 atom stereocenters. The first-order valence-electron chi connectivity index (χ1n) is 7.40. The fraction of sp³-hybridized carbons (Fsp3) is 0.167. The molecule has 6 heteroatoms. The molecule has 0 aliphatic rings. The minimum absolute atomic E-state index is 0. The molecule has 3 nitrogen and oxygen atoms in total. The van der Waals surface area contributed by atoms with Crippen molar-refractivity contribution in [2.75, 3.05) is 0 Å². The van der Waals surface area contributed by atoms with Crippen LogP contribution in [-0.2, 0) is 13.1 Å². The van der Waals surface area contributed by atoms with Gasteiger partial charge in [-0.05, 0) is 24.6 Å². The largest absolute Gasteiger partial charge is 0.308 e. The van der Waals surface area contributed by atoms with Gasteiger partial charge in [0.2, 0.25) is 0 Å². The molecule has 3 aromatic rings. The van der Waals surface area contributed by atoms with E-state index in [-0.39, 0.29) is 12.4 Å². The third-order valence-corrected chi connectivity index (χ3v) is 4.38. The smallest absolute Gasteiger partial charge is 0.137 e. The number of aryl methyl sites for hydroxylation is 1. The molecule has 0 aliphatic carbocycles. The normalized spacial score (nSPS) is 10.5. The van der Waals surface area contributed by atoms with E-state index < -0.39 is 0 Å². The monoisotopic (exact) mass is 381 g/mol. The standard InChI is InChI=1S/C18H17Cl2N3.ClH/c1-13-15(12-21-11-14-7-3-2-4-8-14)18(20)23(22-13)17-10-6-5-9-16(17)19;/h2-10,21H,11-12H2,1H3;1H. The summed E-state index contributed by atoms with van der Waals surface area (Å²) >= 11 is 12.8. The maximum Gasteiger partial charge on any atom is 0.137 e. The van der Waals surface area contributed by atoms with Gasteiger partial charge in [0.15, 0.2) is 0 Å². The first kappa shape index (κ1) is 18.8. The van der Waals surface area contributed by atoms with Crippen LogP contribution in [0.1, 0.15) is 16.8 Å². The molecule has 0 aliphatic heterocycles. The second-order valence-electron chi connectivity index (χ2n) is 5.31. The van der Waals surface area contributed by atoms with Crippen LogP contribution in [0.15, 0.2) is 54.6 Å². The molecule has 1 heterocycles. The van der Waals surface area contributed by atoms with E-state index in [1.165, 1.54) is 5.56 Å². The first-order valence-corrected chi connectivity index (χ1v) is 8.16. The van der Waals surface area contributed by atoms with E-state index in [1.54, 1.807) is 4.68 Å². The summed E-state index contributed by atoms with van der Waals surface area (Å²) in [5.74, 6) is 0. The SMILES string of the molecule is Cc1nn(-c2ccccc2Cl)c(Cl)c1CNCc1ccccc1.Cl. The molecule has 0 bridgehead atoms. The number of rotatable bonds is 5. The zero-order valence-corrected chi connectivity index (χ0v) is 15.5. The van der Waals surface area contributed by atoms with Gasteiger partial charge in [0.25, 0.3) is 0 Å². The Morgan fingerprint density at radius 1 is 0.958 bits per heavy atom. The third kappa shape index (κ3) is 4.11. The zero-order valence-electron chi connectivity index (χ0n) is 13.2. The van der Waals surface area contributed by atoms with E-state index in [4.69, 9.17) is 23.2 Å². The first-order chi connectivity index (χ1) is 11.2. The lowest BCUT2D eigenvalue weighted by atomic mass is 10.2. The van der Waals surface area contributed by atoms with Crippen LogP contribution in [0.25, 0.3) is 5.69 Å². The van der Waals surface area contributed by atoms with Crippen molar-refractivity contribution in [1.82, 2.24) is 15.1 Å². The maximum atomic E-state index is 6.52. The Hall–Kier alpha value is -1.52. The quantitative estimate of drug-likeness (QED) is 0.657. The lowest BCUT2D eigenvalue weighted by molar-refractivity contribution is 0.691. The summed E-state index contributed by atoms with van der Waals surface area (Å²) in [6.45, 7) is 3.40. The van der Waals surface area contributed by atoms with Crippen LogP contribution in [0, 0.1) is 6.92 Å². The van der Waals surface area contributed by atoms with E-state index >= 15 is 0 Å². The highest BCUT2D eigenvalue weighted by Gasteiger charge is 2.15. The summed E-state index contributed by atoms with van der Waals surface area (Å²) in [7, 11) is 0. The number of para-hydroxylation sites is 1. The Morgan fingerprint density at radius 3 is 2.33 bits per heavy atom. The number of nitrogens with zero attached hydrogens (tertiary/aromatic N) is 2. The van der Waals surface area contributed by atoms with Crippen LogP contribution in [0.5, 0.6) is 0 Å². The van der Waals surface area contributed by atoms with Crippen molar-refractivity contribution in [1.29, 1.82) is 0 Å². The minimum Gasteiger partial charge on any atom is -0.308 e. The highest BCUT2D eigenvalue weighted by Crippen LogP contribution is 2.27. The van der Waals surface area contributed by atoms with Crippen LogP contribution < -0.4 is 5.32 Å². The van der Waals surface area contributed by atoms with Crippen molar-refractivity contribution in [3.05, 3.63) is 81.6 Å². The van der Waals surface area contributed by atoms with E-state index in [9.17, 15) is 0 Å². The number of hydrogen-bond donors (Lipinski definition) is 1. The molecular weight excluding hydrogens is 365 g/mol. The fourth-order valence-corrected chi connectivity index (χ4v) is 2.99. The van der Waals surface area contributed by atoms with E-state index in [1.807, 2.05) is 49.4 Å². The topological polar surface area (TPSA) is 29.9 Å². The highest BCUT2D eigenvalue weighted by molar-refractivity contribution is 6.33. The highest BCUT2D eigenvalue weighted by atomic mass is 35.5. The van der Waals surface area contributed by atoms with Gasteiger partial charge >= 0.3 is 0 Å². The van der Waals surface area contributed by atoms with Gasteiger partial charge in [0.1, 0.15) is 5.15 Å². The van der Waals surface area contributed by atoms with E-state index in [0.29, 0.717) is 16.7 Å². The molecule has 0 amide bonds. The van der Waals surface area contributed by atoms with Crippen LogP contribution in [0.2, 0.25) is 10.2 Å². The summed E-state index contributed by atoms with van der Waals surface area (Å²) in [6, 6.07) is 17.8. The van der Waals surface area contributed by atoms with Crippen molar-refractivity contribution >= 4 is 35.6 Å². The Kier molecular flexibility index (Phi) is 6.69. The molecule has 0 saturated heterocycles. The molecular formula is C18H18Cl3N3. The Morgan fingerprint density at radius 2 is 1.62 bits per heavy atom. The number of halogens is 3. The van der Waals surface area contributed by atoms with Crippen molar-refractivity contribution in [3.63, 3.8) is 0 Å². The second-order valence-corrected chi connectivity index (χ2v) is 6.07. The third-order valence-electron chi connectivity index (χ3n) is 3.68. The minimum atomic E-state index is 0. The van der Waals surface area contributed by atoms with Crippen molar-refractivity contribution < 1.29 is 0 Å². The number of benzene rings is 2. The van der Waals surface area contributed by atoms with Crippen LogP contribution in [-0.4, -0.2) is 9.78 Å². The molecule has 126 valence electrons. The van der Waals surface area contributed by atoms with E-state index in [0.717, 1.165) is 23.5 Å². The molecule has 1 N–H and O–H groups in total. The predicted molar refractivity (Wildman–Crippen MR) is 103 cm³/mol. The molecule has 3 rings (SSSR count). The van der Waals surface area contributed by atoms with Gasteiger partial charge < -0.3 is 5.32 Å². The van der Waals surface area contributed by atoms with Gasteiger partial charge in [-0.2, -0.15) is 5.10 Å². The van der Waals surface area contributed by atoms with Gasteiger partial charge in [-0.1, -0.05) is 65.7 Å². The molecule has 2 aromatic carbocycles. The summed E-state index contributed by atoms with van der Waals surface area (Å²) in [4.78, 5) is 0. The number of nitrogens with one attached hydrogen (secondary N) is 1. The summed E-state index contributed by atoms with van der Waals surface area (Å²) in [6.07, 6.45) is 0. The van der Waals surface area contributed by atoms with Gasteiger partial charge in [0, 0.05) is 18.7 Å². The molecule has 0 saturated carbocycles. The van der Waals surface area contributed by atoms with Gasteiger partial charge in [-0.15, -0.1) is 12.4 Å². The summed E-state index contributed by atoms with van der Waals surface area (Å²) < 4.78 is 1.69. The molecule has 0 radical (unpaired) electrons. The van der Waals surface area contributed by atoms with Crippen LogP contribution in [0.3, 0.4) is 0 Å². The number of aromatic nitrogens is 2. The van der Waals surface area contributed by atoms with Crippen LogP contribution in [0.4, 0.5) is 0 Å². The second kappa shape index (κ2) is 8.54. The zero-order chi connectivity index (χ0) is 16.2. The lowest BCUT2D eigenvalue weighted by Gasteiger charge is -2.07. The maximum absolute atomic E-state index is 6.52. The molecule has 0 fully saturated rings. The predicted octanol–water partition coefficient (Wildman–Crippen LogP) is 5.20. The summed E-state index contributed by atoms with van der Waals surface area (Å²) in [5, 5.41) is 9.15. The van der Waals surface area contributed by atoms with Crippen molar-refractivity contribution in [2.45, 2.75) is 20.0 Å². The van der Waals surface area contributed by atoms with Gasteiger partial charge in [0.05, 0.1) is 16.4 Å². The van der Waals surface area contributed by atoms with Gasteiger partial charge in [-0.25, -0.2) is 4.68 Å². The average molecular weight is 383 g/mol. The Labute approximate surface area is 158 Å². The van der Waals surface area contributed by atoms with Gasteiger partial charge in [-0.3, -0.25) is 0 Å². The van der Waals surface area contributed by atoms with Crippen molar-refractivity contribution in [3.8, 4) is 5.69 Å². The fourth-order valence-electron chi connectivity index (χ4n) is 2.44. The van der Waals surface area contributed by atoms with Crippen molar-refractivity contribution in [2.24, 2.45) is 0 Å². The molecule has 0 unspecified atom stereocenters. The molecule has 0 spiro atoms. The van der Waals surface area contributed by atoms with E-state index in [2.05, 4.69) is 22.5 Å². The Bertz CT molecular complexity index is 801. The molecule has 24 heavy (non-hydrogen) atoms. The molecule has 1 aromatic heterocycles. The van der Waals surface area contributed by atoms with Crippen LogP contribution >= 0.6 is 35.6 Å². The summed E-state index contributed by atoms with van der Waals surface area (Å²) in [5.41, 5.74) is 3.91.